The molecule has 0 radical (unpaired) electrons. The molecule has 1 fully saturated rings. The predicted octanol–water partition coefficient (Wildman–Crippen LogP) is 1.70. The number of carbonyl (C=O) groups is 2. The average Bonchev–Trinajstić information content (AvgIpc) is 2.41. The Morgan fingerprint density at radius 2 is 2.00 bits per heavy atom. The molecule has 1 aliphatic rings. The third-order valence-electron chi connectivity index (χ3n) is 3.43. The summed E-state index contributed by atoms with van der Waals surface area (Å²) in [4.78, 5) is 25.9. The number of piperazine rings is 1. The van der Waals surface area contributed by atoms with Gasteiger partial charge in [0.1, 0.15) is 10.9 Å². The highest BCUT2D eigenvalue weighted by Crippen LogP contribution is 2.27. The summed E-state index contributed by atoms with van der Waals surface area (Å²) in [5, 5.41) is 2.00. The number of halogens is 1. The van der Waals surface area contributed by atoms with Crippen LogP contribution in [-0.2, 0) is 9.59 Å². The first kappa shape index (κ1) is 13.9. The number of alkyl halides is 1. The lowest BCUT2D eigenvalue weighted by atomic mass is 9.97. The molecule has 0 saturated carbocycles. The molecule has 2 rings (SSSR count). The summed E-state index contributed by atoms with van der Waals surface area (Å²) < 4.78 is 0. The fourth-order valence-corrected chi connectivity index (χ4v) is 2.45. The molecule has 0 spiro atoms. The summed E-state index contributed by atoms with van der Waals surface area (Å²) in [7, 11) is 0. The highest BCUT2D eigenvalue weighted by Gasteiger charge is 2.42. The van der Waals surface area contributed by atoms with Gasteiger partial charge >= 0.3 is 0 Å². The second-order valence-corrected chi connectivity index (χ2v) is 5.51. The van der Waals surface area contributed by atoms with E-state index in [1.54, 1.807) is 18.7 Å². The van der Waals surface area contributed by atoms with Crippen molar-refractivity contribution in [1.29, 1.82) is 0 Å². The Bertz CT molecular complexity index is 487. The van der Waals surface area contributed by atoms with Gasteiger partial charge in [-0.05, 0) is 19.4 Å². The molecule has 0 bridgehead atoms. The van der Waals surface area contributed by atoms with Crippen LogP contribution in [0, 0.1) is 0 Å². The Kier molecular flexibility index (Phi) is 3.80. The van der Waals surface area contributed by atoms with E-state index < -0.39 is 10.9 Å². The molecule has 1 atom stereocenters. The van der Waals surface area contributed by atoms with Gasteiger partial charge in [0.15, 0.2) is 0 Å². The molecule has 1 aromatic carbocycles. The average molecular weight is 281 g/mol. The Labute approximate surface area is 117 Å². The molecule has 19 heavy (non-hydrogen) atoms. The minimum absolute atomic E-state index is 0.149. The molecule has 0 aromatic heterocycles. The molecule has 1 unspecified atom stereocenters. The van der Waals surface area contributed by atoms with Gasteiger partial charge in [-0.1, -0.05) is 30.3 Å². The molecule has 1 saturated heterocycles. The second-order valence-electron chi connectivity index (χ2n) is 5.08. The zero-order chi connectivity index (χ0) is 14.0. The highest BCUT2D eigenvalue weighted by atomic mass is 35.5. The van der Waals surface area contributed by atoms with E-state index in [-0.39, 0.29) is 11.8 Å². The molecular weight excluding hydrogens is 264 g/mol. The maximum atomic E-state index is 12.5. The SMILES string of the molecule is CC1(C)C(=O)NCCN1C(=O)C(Cl)c1ccccc1. The van der Waals surface area contributed by atoms with E-state index in [0.29, 0.717) is 13.1 Å². The van der Waals surface area contributed by atoms with E-state index in [1.165, 1.54) is 0 Å². The normalized spacial score (nSPS) is 19.7. The Morgan fingerprint density at radius 1 is 1.37 bits per heavy atom. The number of hydrogen-bond donors (Lipinski definition) is 1. The van der Waals surface area contributed by atoms with Gasteiger partial charge < -0.3 is 10.2 Å². The number of nitrogens with one attached hydrogen (secondary N) is 1. The lowest BCUT2D eigenvalue weighted by Crippen LogP contribution is -2.63. The number of amides is 2. The minimum atomic E-state index is -0.864. The monoisotopic (exact) mass is 280 g/mol. The lowest BCUT2D eigenvalue weighted by Gasteiger charge is -2.42. The van der Waals surface area contributed by atoms with Crippen LogP contribution in [0.5, 0.6) is 0 Å². The van der Waals surface area contributed by atoms with Crippen molar-refractivity contribution in [1.82, 2.24) is 10.2 Å². The number of carbonyl (C=O) groups excluding carboxylic acids is 2. The highest BCUT2D eigenvalue weighted by molar-refractivity contribution is 6.31. The zero-order valence-corrected chi connectivity index (χ0v) is 11.8. The largest absolute Gasteiger partial charge is 0.352 e. The van der Waals surface area contributed by atoms with E-state index in [1.807, 2.05) is 30.3 Å². The van der Waals surface area contributed by atoms with Crippen molar-refractivity contribution in [3.8, 4) is 0 Å². The fourth-order valence-electron chi connectivity index (χ4n) is 2.19. The van der Waals surface area contributed by atoms with Crippen molar-refractivity contribution >= 4 is 23.4 Å². The zero-order valence-electron chi connectivity index (χ0n) is 11.0. The number of benzene rings is 1. The number of nitrogens with zero attached hydrogens (tertiary/aromatic N) is 1. The first-order valence-electron chi connectivity index (χ1n) is 6.23. The molecule has 5 heteroatoms. The van der Waals surface area contributed by atoms with Crippen molar-refractivity contribution in [3.05, 3.63) is 35.9 Å². The summed E-state index contributed by atoms with van der Waals surface area (Å²) in [6.45, 7) is 4.40. The van der Waals surface area contributed by atoms with E-state index in [4.69, 9.17) is 11.6 Å². The van der Waals surface area contributed by atoms with E-state index in [9.17, 15) is 9.59 Å². The van der Waals surface area contributed by atoms with Crippen LogP contribution in [0.1, 0.15) is 24.8 Å². The molecule has 1 aromatic rings. The van der Waals surface area contributed by atoms with Crippen LogP contribution in [0.4, 0.5) is 0 Å². The van der Waals surface area contributed by atoms with Gasteiger partial charge in [0.2, 0.25) is 11.8 Å². The quantitative estimate of drug-likeness (QED) is 0.839. The Balaban J connectivity index is 2.22. The maximum absolute atomic E-state index is 12.5. The van der Waals surface area contributed by atoms with Crippen LogP contribution in [0.3, 0.4) is 0 Å². The van der Waals surface area contributed by atoms with Crippen molar-refractivity contribution in [2.24, 2.45) is 0 Å². The van der Waals surface area contributed by atoms with Crippen molar-refractivity contribution in [2.45, 2.75) is 24.8 Å². The van der Waals surface area contributed by atoms with Gasteiger partial charge in [0, 0.05) is 13.1 Å². The predicted molar refractivity (Wildman–Crippen MR) is 73.8 cm³/mol. The second kappa shape index (κ2) is 5.21. The maximum Gasteiger partial charge on any atom is 0.246 e. The Morgan fingerprint density at radius 3 is 2.63 bits per heavy atom. The van der Waals surface area contributed by atoms with Crippen LogP contribution < -0.4 is 5.32 Å². The van der Waals surface area contributed by atoms with Crippen molar-refractivity contribution < 1.29 is 9.59 Å². The Hall–Kier alpha value is -1.55. The molecule has 0 aliphatic carbocycles. The molecule has 2 amide bonds. The summed E-state index contributed by atoms with van der Waals surface area (Å²) in [6.07, 6.45) is 0. The smallest absolute Gasteiger partial charge is 0.246 e. The number of hydrogen-bond acceptors (Lipinski definition) is 2. The molecule has 1 heterocycles. The van der Waals surface area contributed by atoms with Gasteiger partial charge in [-0.15, -0.1) is 11.6 Å². The molecule has 1 aliphatic heterocycles. The number of rotatable bonds is 2. The topological polar surface area (TPSA) is 49.4 Å². The van der Waals surface area contributed by atoms with Gasteiger partial charge in [0.05, 0.1) is 0 Å². The first-order chi connectivity index (χ1) is 8.94. The van der Waals surface area contributed by atoms with Gasteiger partial charge in [0.25, 0.3) is 0 Å². The van der Waals surface area contributed by atoms with Gasteiger partial charge in [-0.2, -0.15) is 0 Å². The van der Waals surface area contributed by atoms with Crippen molar-refractivity contribution in [3.63, 3.8) is 0 Å². The minimum Gasteiger partial charge on any atom is -0.352 e. The van der Waals surface area contributed by atoms with Crippen LogP contribution in [0.15, 0.2) is 30.3 Å². The molecular formula is C14H17ClN2O2. The van der Waals surface area contributed by atoms with Crippen LogP contribution >= 0.6 is 11.6 Å². The van der Waals surface area contributed by atoms with Gasteiger partial charge in [-0.3, -0.25) is 9.59 Å². The van der Waals surface area contributed by atoms with Crippen LogP contribution in [-0.4, -0.2) is 35.3 Å². The van der Waals surface area contributed by atoms with Crippen LogP contribution in [0.2, 0.25) is 0 Å². The van der Waals surface area contributed by atoms with E-state index in [0.717, 1.165) is 5.56 Å². The third kappa shape index (κ3) is 2.59. The lowest BCUT2D eigenvalue weighted by molar-refractivity contribution is -0.149. The molecule has 1 N–H and O–H groups in total. The van der Waals surface area contributed by atoms with E-state index in [2.05, 4.69) is 5.32 Å². The summed E-state index contributed by atoms with van der Waals surface area (Å²) in [6, 6.07) is 9.17. The fraction of sp³-hybridized carbons (Fsp3) is 0.429. The first-order valence-corrected chi connectivity index (χ1v) is 6.67. The van der Waals surface area contributed by atoms with E-state index >= 15 is 0 Å². The van der Waals surface area contributed by atoms with Crippen LogP contribution in [0.25, 0.3) is 0 Å². The summed E-state index contributed by atoms with van der Waals surface area (Å²) in [5.41, 5.74) is -0.118. The van der Waals surface area contributed by atoms with Crippen molar-refractivity contribution in [2.75, 3.05) is 13.1 Å². The molecule has 4 nitrogen and oxygen atoms in total. The molecule has 102 valence electrons. The summed E-state index contributed by atoms with van der Waals surface area (Å²) >= 11 is 6.24. The summed E-state index contributed by atoms with van der Waals surface area (Å²) in [5.74, 6) is -0.378. The van der Waals surface area contributed by atoms with Gasteiger partial charge in [-0.25, -0.2) is 0 Å². The standard InChI is InChI=1S/C14H17ClN2O2/c1-14(2)13(19)16-8-9-17(14)12(18)11(15)10-6-4-3-5-7-10/h3-7,11H,8-9H2,1-2H3,(H,16,19). The third-order valence-corrected chi connectivity index (χ3v) is 3.87.